The van der Waals surface area contributed by atoms with Gasteiger partial charge in [0.25, 0.3) is 0 Å². The monoisotopic (exact) mass is 274 g/mol. The molecule has 1 aromatic rings. The average molecular weight is 274 g/mol. The summed E-state index contributed by atoms with van der Waals surface area (Å²) in [6.07, 6.45) is 2.66. The third-order valence-corrected chi connectivity index (χ3v) is 2.50. The van der Waals surface area contributed by atoms with E-state index in [1.807, 2.05) is 6.07 Å². The van der Waals surface area contributed by atoms with Crippen LogP contribution in [0.2, 0.25) is 0 Å². The lowest BCUT2D eigenvalue weighted by Gasteiger charge is -2.11. The van der Waals surface area contributed by atoms with E-state index < -0.39 is 17.9 Å². The first-order valence-electron chi connectivity index (χ1n) is 5.89. The number of hydrogen-bond acceptors (Lipinski definition) is 4. The summed E-state index contributed by atoms with van der Waals surface area (Å²) in [7, 11) is 0. The van der Waals surface area contributed by atoms with Crippen LogP contribution in [0.5, 0.6) is 0 Å². The van der Waals surface area contributed by atoms with Crippen molar-refractivity contribution >= 4 is 18.0 Å². The van der Waals surface area contributed by atoms with Crippen LogP contribution in [-0.4, -0.2) is 34.7 Å². The van der Waals surface area contributed by atoms with Crippen LogP contribution in [0.1, 0.15) is 17.5 Å². The van der Waals surface area contributed by atoms with Crippen molar-refractivity contribution in [3.8, 4) is 6.07 Å². The minimum Gasteiger partial charge on any atom is -0.480 e. The molecule has 0 heterocycles. The van der Waals surface area contributed by atoms with Gasteiger partial charge in [-0.2, -0.15) is 5.26 Å². The second-order valence-corrected chi connectivity index (χ2v) is 3.98. The smallest absolute Gasteiger partial charge is 0.326 e. The van der Waals surface area contributed by atoms with E-state index in [0.717, 1.165) is 0 Å². The molecule has 6 heteroatoms. The molecule has 0 fully saturated rings. The number of aliphatic carboxylic acids is 1. The van der Waals surface area contributed by atoms with Crippen LogP contribution < -0.4 is 5.32 Å². The van der Waals surface area contributed by atoms with Crippen molar-refractivity contribution < 1.29 is 19.8 Å². The van der Waals surface area contributed by atoms with Crippen LogP contribution in [0, 0.1) is 11.3 Å². The predicted octanol–water partition coefficient (Wildman–Crippen LogP) is 0.523. The Labute approximate surface area is 116 Å². The highest BCUT2D eigenvalue weighted by Gasteiger charge is 2.17. The van der Waals surface area contributed by atoms with Crippen molar-refractivity contribution in [1.82, 2.24) is 5.32 Å². The van der Waals surface area contributed by atoms with E-state index in [1.165, 1.54) is 12.2 Å². The number of aliphatic hydroxyl groups is 1. The van der Waals surface area contributed by atoms with E-state index in [2.05, 4.69) is 5.32 Å². The number of amides is 1. The SMILES string of the molecule is N#Cc1ccc(/C=C/C(=O)NC(CCO)C(=O)O)cc1. The fourth-order valence-corrected chi connectivity index (χ4v) is 1.45. The summed E-state index contributed by atoms with van der Waals surface area (Å²) in [5.74, 6) is -1.76. The molecule has 0 aromatic heterocycles. The minimum atomic E-state index is -1.20. The van der Waals surface area contributed by atoms with Gasteiger partial charge >= 0.3 is 5.97 Å². The Morgan fingerprint density at radius 1 is 1.35 bits per heavy atom. The zero-order valence-corrected chi connectivity index (χ0v) is 10.6. The number of carbonyl (C=O) groups is 2. The zero-order valence-electron chi connectivity index (χ0n) is 10.6. The second-order valence-electron chi connectivity index (χ2n) is 3.98. The lowest BCUT2D eigenvalue weighted by atomic mass is 10.1. The summed E-state index contributed by atoms with van der Waals surface area (Å²) in [5.41, 5.74) is 1.23. The molecule has 0 aliphatic heterocycles. The molecule has 0 radical (unpaired) electrons. The molecule has 0 spiro atoms. The number of carbonyl (C=O) groups excluding carboxylic acids is 1. The maximum absolute atomic E-state index is 11.5. The van der Waals surface area contributed by atoms with Crippen molar-refractivity contribution in [1.29, 1.82) is 5.26 Å². The van der Waals surface area contributed by atoms with E-state index in [-0.39, 0.29) is 13.0 Å². The van der Waals surface area contributed by atoms with E-state index in [9.17, 15) is 9.59 Å². The van der Waals surface area contributed by atoms with Gasteiger partial charge in [-0.15, -0.1) is 0 Å². The maximum atomic E-state index is 11.5. The highest BCUT2D eigenvalue weighted by Crippen LogP contribution is 2.05. The van der Waals surface area contributed by atoms with Crippen LogP contribution in [0.25, 0.3) is 6.08 Å². The van der Waals surface area contributed by atoms with Crippen LogP contribution in [-0.2, 0) is 9.59 Å². The van der Waals surface area contributed by atoms with Crippen LogP contribution in [0.4, 0.5) is 0 Å². The fraction of sp³-hybridized carbons (Fsp3) is 0.214. The number of aliphatic hydroxyl groups excluding tert-OH is 1. The molecule has 1 atom stereocenters. The first-order valence-corrected chi connectivity index (χ1v) is 5.89. The van der Waals surface area contributed by atoms with Gasteiger partial charge in [-0.05, 0) is 23.8 Å². The summed E-state index contributed by atoms with van der Waals surface area (Å²) in [6, 6.07) is 7.44. The van der Waals surface area contributed by atoms with Crippen molar-refractivity contribution in [3.63, 3.8) is 0 Å². The molecular formula is C14H14N2O4. The Hall–Kier alpha value is -2.65. The summed E-state index contributed by atoms with van der Waals surface area (Å²) in [4.78, 5) is 22.3. The molecule has 3 N–H and O–H groups in total. The van der Waals surface area contributed by atoms with Crippen molar-refractivity contribution in [2.75, 3.05) is 6.61 Å². The van der Waals surface area contributed by atoms with Gasteiger partial charge in [-0.25, -0.2) is 4.79 Å². The zero-order chi connectivity index (χ0) is 15.0. The lowest BCUT2D eigenvalue weighted by Crippen LogP contribution is -2.40. The number of nitrogens with one attached hydrogen (secondary N) is 1. The van der Waals surface area contributed by atoms with Gasteiger partial charge in [0.2, 0.25) is 5.91 Å². The minimum absolute atomic E-state index is 0.0498. The quantitative estimate of drug-likeness (QED) is 0.655. The highest BCUT2D eigenvalue weighted by molar-refractivity contribution is 5.94. The van der Waals surface area contributed by atoms with Gasteiger partial charge in [0, 0.05) is 19.1 Å². The first kappa shape index (κ1) is 15.4. The number of rotatable bonds is 6. The van der Waals surface area contributed by atoms with Gasteiger partial charge in [0.15, 0.2) is 0 Å². The average Bonchev–Trinajstić information content (AvgIpc) is 2.45. The Bertz CT molecular complexity index is 543. The van der Waals surface area contributed by atoms with Crippen LogP contribution in [0.3, 0.4) is 0 Å². The molecule has 20 heavy (non-hydrogen) atoms. The normalized spacial score (nSPS) is 11.8. The summed E-state index contributed by atoms with van der Waals surface area (Å²) in [5, 5.41) is 28.4. The molecular weight excluding hydrogens is 260 g/mol. The Morgan fingerprint density at radius 2 is 2.00 bits per heavy atom. The second kappa shape index (κ2) is 7.71. The van der Waals surface area contributed by atoms with Crippen LogP contribution in [0.15, 0.2) is 30.3 Å². The molecule has 0 saturated carbocycles. The van der Waals surface area contributed by atoms with E-state index >= 15 is 0 Å². The number of carboxylic acids is 1. The Morgan fingerprint density at radius 3 is 2.50 bits per heavy atom. The number of carboxylic acid groups (broad SMARTS) is 1. The lowest BCUT2D eigenvalue weighted by molar-refractivity contribution is -0.141. The van der Waals surface area contributed by atoms with Gasteiger partial charge in [-0.3, -0.25) is 4.79 Å². The molecule has 0 aliphatic carbocycles. The van der Waals surface area contributed by atoms with Crippen molar-refractivity contribution in [2.45, 2.75) is 12.5 Å². The van der Waals surface area contributed by atoms with Crippen molar-refractivity contribution in [3.05, 3.63) is 41.5 Å². The molecule has 0 saturated heterocycles. The number of nitrogens with zero attached hydrogens (tertiary/aromatic N) is 1. The Kier molecular flexibility index (Phi) is 5.94. The molecule has 1 unspecified atom stereocenters. The third-order valence-electron chi connectivity index (χ3n) is 2.50. The molecule has 6 nitrogen and oxygen atoms in total. The Balaban J connectivity index is 2.62. The maximum Gasteiger partial charge on any atom is 0.326 e. The largest absolute Gasteiger partial charge is 0.480 e. The van der Waals surface area contributed by atoms with Gasteiger partial charge in [-0.1, -0.05) is 12.1 Å². The molecule has 1 rings (SSSR count). The number of benzene rings is 1. The predicted molar refractivity (Wildman–Crippen MR) is 71.5 cm³/mol. The van der Waals surface area contributed by atoms with E-state index in [4.69, 9.17) is 15.5 Å². The molecule has 0 bridgehead atoms. The molecule has 0 aliphatic rings. The fourth-order valence-electron chi connectivity index (χ4n) is 1.45. The van der Waals surface area contributed by atoms with Crippen molar-refractivity contribution in [2.24, 2.45) is 0 Å². The van der Waals surface area contributed by atoms with E-state index in [1.54, 1.807) is 24.3 Å². The van der Waals surface area contributed by atoms with Gasteiger partial charge in [0.05, 0.1) is 11.6 Å². The number of hydrogen-bond donors (Lipinski definition) is 3. The van der Waals surface area contributed by atoms with Gasteiger partial charge < -0.3 is 15.5 Å². The van der Waals surface area contributed by atoms with Gasteiger partial charge in [0.1, 0.15) is 6.04 Å². The molecule has 104 valence electrons. The summed E-state index contributed by atoms with van der Waals surface area (Å²) < 4.78 is 0. The molecule has 1 aromatic carbocycles. The third kappa shape index (κ3) is 4.92. The number of nitriles is 1. The summed E-state index contributed by atoms with van der Waals surface area (Å²) >= 11 is 0. The standard InChI is InChI=1S/C14H14N2O4/c15-9-11-3-1-10(2-4-11)5-6-13(18)16-12(7-8-17)14(19)20/h1-6,12,17H,7-8H2,(H,16,18)(H,19,20)/b6-5+. The first-order chi connectivity index (χ1) is 9.56. The topological polar surface area (TPSA) is 110 Å². The highest BCUT2D eigenvalue weighted by atomic mass is 16.4. The molecule has 1 amide bonds. The van der Waals surface area contributed by atoms with Crippen LogP contribution >= 0.6 is 0 Å². The van der Waals surface area contributed by atoms with E-state index in [0.29, 0.717) is 11.1 Å². The summed E-state index contributed by atoms with van der Waals surface area (Å²) in [6.45, 7) is -0.323.